The highest BCUT2D eigenvalue weighted by Crippen LogP contribution is 2.31. The molecule has 1 saturated carbocycles. The largest absolute Gasteiger partial charge is 0.368 e. The van der Waals surface area contributed by atoms with E-state index in [4.69, 9.17) is 11.0 Å². The minimum Gasteiger partial charge on any atom is -0.368 e. The zero-order valence-corrected chi connectivity index (χ0v) is 9.70. The monoisotopic (exact) mass is 219 g/mol. The maximum Gasteiger partial charge on any atom is 0.142 e. The summed E-state index contributed by atoms with van der Waals surface area (Å²) in [7, 11) is 1.83. The van der Waals surface area contributed by atoms with E-state index in [1.807, 2.05) is 14.0 Å². The first-order valence-corrected chi connectivity index (χ1v) is 5.56. The zero-order valence-electron chi connectivity index (χ0n) is 9.70. The molecule has 0 amide bonds. The van der Waals surface area contributed by atoms with Crippen molar-refractivity contribution in [2.45, 2.75) is 25.8 Å². The first-order valence-electron chi connectivity index (χ1n) is 5.56. The van der Waals surface area contributed by atoms with Gasteiger partial charge in [0.1, 0.15) is 17.5 Å². The summed E-state index contributed by atoms with van der Waals surface area (Å²) < 4.78 is 1.70. The van der Waals surface area contributed by atoms with Crippen molar-refractivity contribution in [1.29, 1.82) is 5.26 Å². The summed E-state index contributed by atoms with van der Waals surface area (Å²) in [4.78, 5) is 0. The smallest absolute Gasteiger partial charge is 0.142 e. The van der Waals surface area contributed by atoms with Crippen molar-refractivity contribution < 1.29 is 0 Å². The predicted molar refractivity (Wildman–Crippen MR) is 61.8 cm³/mol. The van der Waals surface area contributed by atoms with Crippen LogP contribution in [0.25, 0.3) is 0 Å². The SMILES string of the molecule is Cc1nn(C)c(NCC(N)C2CC2)c1C#N. The maximum absolute atomic E-state index is 9.02. The van der Waals surface area contributed by atoms with E-state index in [1.54, 1.807) is 4.68 Å². The van der Waals surface area contributed by atoms with Crippen molar-refractivity contribution >= 4 is 5.82 Å². The van der Waals surface area contributed by atoms with E-state index in [0.717, 1.165) is 11.5 Å². The number of nitrogens with two attached hydrogens (primary N) is 1. The molecule has 16 heavy (non-hydrogen) atoms. The molecule has 1 aliphatic carbocycles. The van der Waals surface area contributed by atoms with E-state index >= 15 is 0 Å². The molecule has 0 bridgehead atoms. The molecule has 0 aromatic carbocycles. The van der Waals surface area contributed by atoms with Crippen LogP contribution >= 0.6 is 0 Å². The Morgan fingerprint density at radius 1 is 1.69 bits per heavy atom. The number of anilines is 1. The van der Waals surface area contributed by atoms with Gasteiger partial charge in [0.25, 0.3) is 0 Å². The summed E-state index contributed by atoms with van der Waals surface area (Å²) in [5.41, 5.74) is 7.37. The molecule has 1 aliphatic rings. The zero-order chi connectivity index (χ0) is 11.7. The molecule has 0 radical (unpaired) electrons. The van der Waals surface area contributed by atoms with Crippen LogP contribution < -0.4 is 11.1 Å². The molecule has 5 nitrogen and oxygen atoms in total. The second kappa shape index (κ2) is 4.14. The van der Waals surface area contributed by atoms with Crippen molar-refractivity contribution in [2.24, 2.45) is 18.7 Å². The van der Waals surface area contributed by atoms with Gasteiger partial charge in [-0.15, -0.1) is 0 Å². The Balaban J connectivity index is 2.05. The second-order valence-electron chi connectivity index (χ2n) is 4.43. The van der Waals surface area contributed by atoms with Gasteiger partial charge in [-0.25, -0.2) is 0 Å². The number of aryl methyl sites for hydroxylation is 2. The van der Waals surface area contributed by atoms with Gasteiger partial charge in [-0.1, -0.05) is 0 Å². The number of nitrogens with zero attached hydrogens (tertiary/aromatic N) is 3. The Labute approximate surface area is 95.2 Å². The Bertz CT molecular complexity index is 424. The molecule has 5 heteroatoms. The quantitative estimate of drug-likeness (QED) is 0.783. The molecule has 0 spiro atoms. The molecule has 1 aromatic rings. The van der Waals surface area contributed by atoms with Gasteiger partial charge >= 0.3 is 0 Å². The molecular weight excluding hydrogens is 202 g/mol. The van der Waals surface area contributed by atoms with Gasteiger partial charge in [0.05, 0.1) is 5.69 Å². The van der Waals surface area contributed by atoms with E-state index < -0.39 is 0 Å². The number of hydrogen-bond donors (Lipinski definition) is 2. The highest BCUT2D eigenvalue weighted by atomic mass is 15.3. The molecule has 2 rings (SSSR count). The fourth-order valence-electron chi connectivity index (χ4n) is 1.90. The molecule has 1 aromatic heterocycles. The van der Waals surface area contributed by atoms with Gasteiger partial charge in [0.15, 0.2) is 0 Å². The van der Waals surface area contributed by atoms with Crippen molar-refractivity contribution in [3.05, 3.63) is 11.3 Å². The molecule has 3 N–H and O–H groups in total. The lowest BCUT2D eigenvalue weighted by atomic mass is 10.2. The summed E-state index contributed by atoms with van der Waals surface area (Å²) in [6.07, 6.45) is 2.47. The van der Waals surface area contributed by atoms with Crippen molar-refractivity contribution in [1.82, 2.24) is 9.78 Å². The fraction of sp³-hybridized carbons (Fsp3) is 0.636. The first-order chi connectivity index (χ1) is 7.63. The van der Waals surface area contributed by atoms with Crippen molar-refractivity contribution in [3.63, 3.8) is 0 Å². The fourth-order valence-corrected chi connectivity index (χ4v) is 1.90. The number of hydrogen-bond acceptors (Lipinski definition) is 4. The number of nitriles is 1. The molecule has 1 heterocycles. The van der Waals surface area contributed by atoms with Crippen LogP contribution in [0.3, 0.4) is 0 Å². The minimum atomic E-state index is 0.182. The molecule has 0 aliphatic heterocycles. The average Bonchev–Trinajstić information content (AvgIpc) is 3.03. The Kier molecular flexibility index (Phi) is 2.84. The third-order valence-corrected chi connectivity index (χ3v) is 3.07. The van der Waals surface area contributed by atoms with Gasteiger partial charge in [-0.2, -0.15) is 10.4 Å². The van der Waals surface area contributed by atoms with Gasteiger partial charge in [0.2, 0.25) is 0 Å². The lowest BCUT2D eigenvalue weighted by Crippen LogP contribution is -2.31. The van der Waals surface area contributed by atoms with Crippen molar-refractivity contribution in [2.75, 3.05) is 11.9 Å². The van der Waals surface area contributed by atoms with E-state index in [0.29, 0.717) is 18.0 Å². The first kappa shape index (κ1) is 11.0. The summed E-state index contributed by atoms with van der Waals surface area (Å²) in [5, 5.41) is 16.5. The van der Waals surface area contributed by atoms with Crippen LogP contribution in [0, 0.1) is 24.2 Å². The van der Waals surface area contributed by atoms with Crippen molar-refractivity contribution in [3.8, 4) is 6.07 Å². The third-order valence-electron chi connectivity index (χ3n) is 3.07. The second-order valence-corrected chi connectivity index (χ2v) is 4.43. The van der Waals surface area contributed by atoms with E-state index in [1.165, 1.54) is 12.8 Å². The maximum atomic E-state index is 9.02. The van der Waals surface area contributed by atoms with Crippen LogP contribution in [0.4, 0.5) is 5.82 Å². The highest BCUT2D eigenvalue weighted by molar-refractivity contribution is 5.55. The van der Waals surface area contributed by atoms with Crippen LogP contribution in [0.1, 0.15) is 24.1 Å². The molecule has 1 unspecified atom stereocenters. The lowest BCUT2D eigenvalue weighted by Gasteiger charge is -2.12. The standard InChI is InChI=1S/C11H17N5/c1-7-9(5-12)11(16(2)15-7)14-6-10(13)8-3-4-8/h8,10,14H,3-4,6,13H2,1-2H3. The topological polar surface area (TPSA) is 79.7 Å². The normalized spacial score (nSPS) is 16.9. The summed E-state index contributed by atoms with van der Waals surface area (Å²) in [6, 6.07) is 2.35. The van der Waals surface area contributed by atoms with Crippen LogP contribution in [0.15, 0.2) is 0 Å². The number of rotatable bonds is 4. The minimum absolute atomic E-state index is 0.182. The lowest BCUT2D eigenvalue weighted by molar-refractivity contribution is 0.616. The van der Waals surface area contributed by atoms with Gasteiger partial charge < -0.3 is 11.1 Å². The van der Waals surface area contributed by atoms with Gasteiger partial charge in [0, 0.05) is 19.6 Å². The average molecular weight is 219 g/mol. The van der Waals surface area contributed by atoms with Gasteiger partial charge in [-0.05, 0) is 25.7 Å². The molecule has 1 atom stereocenters. The van der Waals surface area contributed by atoms with Crippen LogP contribution in [0.5, 0.6) is 0 Å². The summed E-state index contributed by atoms with van der Waals surface area (Å²) in [5.74, 6) is 1.43. The Morgan fingerprint density at radius 2 is 2.38 bits per heavy atom. The molecular formula is C11H17N5. The summed E-state index contributed by atoms with van der Waals surface area (Å²) in [6.45, 7) is 2.54. The highest BCUT2D eigenvalue weighted by Gasteiger charge is 2.28. The number of aromatic nitrogens is 2. The van der Waals surface area contributed by atoms with E-state index in [2.05, 4.69) is 16.5 Å². The Hall–Kier alpha value is -1.54. The van der Waals surface area contributed by atoms with Crippen LogP contribution in [0.2, 0.25) is 0 Å². The third kappa shape index (κ3) is 2.02. The van der Waals surface area contributed by atoms with Crippen LogP contribution in [-0.2, 0) is 7.05 Å². The van der Waals surface area contributed by atoms with Gasteiger partial charge in [-0.3, -0.25) is 4.68 Å². The number of nitrogens with one attached hydrogen (secondary N) is 1. The summed E-state index contributed by atoms with van der Waals surface area (Å²) >= 11 is 0. The molecule has 0 saturated heterocycles. The predicted octanol–water partition coefficient (Wildman–Crippen LogP) is 0.749. The molecule has 86 valence electrons. The molecule has 1 fully saturated rings. The van der Waals surface area contributed by atoms with E-state index in [9.17, 15) is 0 Å². The van der Waals surface area contributed by atoms with Crippen LogP contribution in [-0.4, -0.2) is 22.4 Å². The Morgan fingerprint density at radius 3 is 2.94 bits per heavy atom. The van der Waals surface area contributed by atoms with E-state index in [-0.39, 0.29) is 6.04 Å².